The van der Waals surface area contributed by atoms with Gasteiger partial charge in [-0.3, -0.25) is 4.79 Å². The van der Waals surface area contributed by atoms with Gasteiger partial charge >= 0.3 is 0 Å². The Morgan fingerprint density at radius 2 is 1.81 bits per heavy atom. The molecule has 0 aliphatic rings. The summed E-state index contributed by atoms with van der Waals surface area (Å²) in [6, 6.07) is 15.5. The smallest absolute Gasteiger partial charge is 0.224 e. The van der Waals surface area contributed by atoms with Crippen LogP contribution < -0.4 is 0 Å². The molecule has 0 saturated heterocycles. The molecule has 2 aromatic carbocycles. The minimum Gasteiger partial charge on any atom is -0.361 e. The first-order valence-corrected chi connectivity index (χ1v) is 10.5. The van der Waals surface area contributed by atoms with Crippen LogP contribution in [0.15, 0.2) is 53.1 Å². The van der Waals surface area contributed by atoms with E-state index in [0.717, 1.165) is 28.1 Å². The van der Waals surface area contributed by atoms with E-state index in [2.05, 4.69) is 16.1 Å². The fraction of sp³-hybridized carbons (Fsp3) is 0.320. The summed E-state index contributed by atoms with van der Waals surface area (Å²) in [5.74, 6) is 0.436. The lowest BCUT2D eigenvalue weighted by molar-refractivity contribution is -0.132. The molecule has 6 nitrogen and oxygen atoms in total. The van der Waals surface area contributed by atoms with E-state index in [-0.39, 0.29) is 11.7 Å². The largest absolute Gasteiger partial charge is 0.361 e. The van der Waals surface area contributed by atoms with Crippen LogP contribution in [0.4, 0.5) is 4.39 Å². The van der Waals surface area contributed by atoms with E-state index in [0.29, 0.717) is 38.2 Å². The maximum Gasteiger partial charge on any atom is 0.224 e. The average Bonchev–Trinajstić information content (AvgIpc) is 3.09. The van der Waals surface area contributed by atoms with Crippen molar-refractivity contribution in [3.8, 4) is 6.07 Å². The highest BCUT2D eigenvalue weighted by atomic mass is 19.1. The van der Waals surface area contributed by atoms with Crippen molar-refractivity contribution >= 4 is 5.91 Å². The number of aromatic nitrogens is 1. The summed E-state index contributed by atoms with van der Waals surface area (Å²) in [7, 11) is 1.96. The lowest BCUT2D eigenvalue weighted by atomic mass is 10.1. The summed E-state index contributed by atoms with van der Waals surface area (Å²) in [5.41, 5.74) is 4.11. The van der Waals surface area contributed by atoms with E-state index >= 15 is 0 Å². The summed E-state index contributed by atoms with van der Waals surface area (Å²) in [5, 5.41) is 13.0. The molecular formula is C25H27FN4O2. The van der Waals surface area contributed by atoms with Crippen molar-refractivity contribution in [1.82, 2.24) is 15.0 Å². The zero-order valence-electron chi connectivity index (χ0n) is 18.6. The van der Waals surface area contributed by atoms with Crippen molar-refractivity contribution in [2.45, 2.75) is 39.9 Å². The Morgan fingerprint density at radius 1 is 1.09 bits per heavy atom. The normalized spacial score (nSPS) is 10.9. The molecule has 166 valence electrons. The molecule has 0 aliphatic carbocycles. The van der Waals surface area contributed by atoms with E-state index < -0.39 is 0 Å². The summed E-state index contributed by atoms with van der Waals surface area (Å²) in [6.45, 7) is 5.69. The Balaban J connectivity index is 1.68. The van der Waals surface area contributed by atoms with Crippen LogP contribution in [0.2, 0.25) is 0 Å². The third-order valence-corrected chi connectivity index (χ3v) is 5.39. The second-order valence-electron chi connectivity index (χ2n) is 7.98. The van der Waals surface area contributed by atoms with Gasteiger partial charge in [-0.15, -0.1) is 0 Å². The number of nitriles is 1. The fourth-order valence-electron chi connectivity index (χ4n) is 3.51. The van der Waals surface area contributed by atoms with E-state index in [4.69, 9.17) is 9.78 Å². The quantitative estimate of drug-likeness (QED) is 0.501. The highest BCUT2D eigenvalue weighted by Gasteiger charge is 2.17. The van der Waals surface area contributed by atoms with E-state index in [1.807, 2.05) is 39.1 Å². The number of hydrogen-bond donors (Lipinski definition) is 0. The number of carbonyl (C=O) groups excluding carboxylic acids is 1. The van der Waals surface area contributed by atoms with Gasteiger partial charge in [-0.25, -0.2) is 4.39 Å². The van der Waals surface area contributed by atoms with Crippen molar-refractivity contribution in [3.05, 3.63) is 88.1 Å². The Hall–Kier alpha value is -3.50. The highest BCUT2D eigenvalue weighted by Crippen LogP contribution is 2.16. The summed E-state index contributed by atoms with van der Waals surface area (Å²) < 4.78 is 18.9. The van der Waals surface area contributed by atoms with Crippen LogP contribution in [0.3, 0.4) is 0 Å². The number of hydrogen-bond acceptors (Lipinski definition) is 5. The molecule has 0 bridgehead atoms. The first kappa shape index (κ1) is 23.2. The van der Waals surface area contributed by atoms with Crippen LogP contribution in [0, 0.1) is 31.0 Å². The lowest BCUT2D eigenvalue weighted by Gasteiger charge is -2.25. The lowest BCUT2D eigenvalue weighted by Crippen LogP contribution is -2.33. The van der Waals surface area contributed by atoms with Gasteiger partial charge in [0.25, 0.3) is 0 Å². The highest BCUT2D eigenvalue weighted by molar-refractivity contribution is 5.76. The fourth-order valence-corrected chi connectivity index (χ4v) is 3.51. The van der Waals surface area contributed by atoms with Crippen LogP contribution in [0.5, 0.6) is 0 Å². The molecule has 0 aliphatic heterocycles. The minimum absolute atomic E-state index is 0.0239. The third-order valence-electron chi connectivity index (χ3n) is 5.39. The first-order valence-electron chi connectivity index (χ1n) is 10.5. The molecule has 1 aromatic heterocycles. The second kappa shape index (κ2) is 10.7. The molecule has 0 atom stereocenters. The van der Waals surface area contributed by atoms with Crippen LogP contribution in [0.25, 0.3) is 0 Å². The van der Waals surface area contributed by atoms with Crippen LogP contribution in [-0.4, -0.2) is 34.5 Å². The van der Waals surface area contributed by atoms with Gasteiger partial charge in [0.2, 0.25) is 5.91 Å². The van der Waals surface area contributed by atoms with Crippen molar-refractivity contribution in [3.63, 3.8) is 0 Å². The molecule has 32 heavy (non-hydrogen) atoms. The number of benzene rings is 2. The molecule has 7 heteroatoms. The predicted octanol–water partition coefficient (Wildman–Crippen LogP) is 4.35. The third kappa shape index (κ3) is 6.25. The van der Waals surface area contributed by atoms with Crippen molar-refractivity contribution in [2.75, 3.05) is 13.6 Å². The van der Waals surface area contributed by atoms with Crippen molar-refractivity contribution < 1.29 is 13.7 Å². The van der Waals surface area contributed by atoms with Crippen LogP contribution in [0.1, 0.15) is 40.1 Å². The molecule has 0 unspecified atom stereocenters. The number of rotatable bonds is 9. The molecule has 0 saturated carbocycles. The topological polar surface area (TPSA) is 73.4 Å². The molecule has 0 radical (unpaired) electrons. The number of halogens is 1. The predicted molar refractivity (Wildman–Crippen MR) is 119 cm³/mol. The molecule has 1 heterocycles. The SMILES string of the molecule is Cc1noc(C)c1CN(C)CCC(=O)N(Cc1ccc(C#N)cc1)Cc1cccc(F)c1. The van der Waals surface area contributed by atoms with Crippen molar-refractivity contribution in [2.24, 2.45) is 0 Å². The van der Waals surface area contributed by atoms with Crippen LogP contribution in [-0.2, 0) is 24.4 Å². The summed E-state index contributed by atoms with van der Waals surface area (Å²) in [6.07, 6.45) is 0.325. The molecule has 3 aromatic rings. The van der Waals surface area contributed by atoms with Gasteiger partial charge in [0, 0.05) is 38.2 Å². The Labute approximate surface area is 187 Å². The maximum atomic E-state index is 13.7. The van der Waals surface area contributed by atoms with Gasteiger partial charge in [0.1, 0.15) is 11.6 Å². The molecule has 0 N–H and O–H groups in total. The Morgan fingerprint density at radius 3 is 2.44 bits per heavy atom. The number of amides is 1. The van der Waals surface area contributed by atoms with E-state index in [1.54, 1.807) is 23.1 Å². The molecule has 1 amide bonds. The molecule has 0 spiro atoms. The molecular weight excluding hydrogens is 407 g/mol. The molecule has 0 fully saturated rings. The number of aryl methyl sites for hydroxylation is 2. The number of nitrogens with zero attached hydrogens (tertiary/aromatic N) is 4. The van der Waals surface area contributed by atoms with Gasteiger partial charge in [0.15, 0.2) is 0 Å². The van der Waals surface area contributed by atoms with E-state index in [1.165, 1.54) is 12.1 Å². The van der Waals surface area contributed by atoms with Gasteiger partial charge in [0.05, 0.1) is 17.3 Å². The maximum absolute atomic E-state index is 13.7. The van der Waals surface area contributed by atoms with Crippen molar-refractivity contribution in [1.29, 1.82) is 5.26 Å². The van der Waals surface area contributed by atoms with Gasteiger partial charge in [-0.2, -0.15) is 5.26 Å². The zero-order chi connectivity index (χ0) is 23.1. The Bertz CT molecular complexity index is 1080. The first-order chi connectivity index (χ1) is 15.4. The van der Waals surface area contributed by atoms with Gasteiger partial charge in [-0.1, -0.05) is 29.4 Å². The van der Waals surface area contributed by atoms with Gasteiger partial charge in [-0.05, 0) is 56.3 Å². The molecule has 3 rings (SSSR count). The zero-order valence-corrected chi connectivity index (χ0v) is 18.6. The minimum atomic E-state index is -0.326. The monoisotopic (exact) mass is 434 g/mol. The standard InChI is InChI=1S/C25H27FN4O2/c1-18-24(19(2)32-28-18)17-29(3)12-11-25(31)30(16-22-5-4-6-23(26)13-22)15-21-9-7-20(14-27)8-10-21/h4-10,13H,11-12,15-17H2,1-3H3. The number of carbonyl (C=O) groups is 1. The second-order valence-corrected chi connectivity index (χ2v) is 7.98. The summed E-state index contributed by atoms with van der Waals surface area (Å²) >= 11 is 0. The summed E-state index contributed by atoms with van der Waals surface area (Å²) in [4.78, 5) is 16.9. The average molecular weight is 435 g/mol. The van der Waals surface area contributed by atoms with Crippen LogP contribution >= 0.6 is 0 Å². The van der Waals surface area contributed by atoms with E-state index in [9.17, 15) is 9.18 Å². The Kier molecular flexibility index (Phi) is 7.74. The van der Waals surface area contributed by atoms with Gasteiger partial charge < -0.3 is 14.3 Å².